The third kappa shape index (κ3) is 3.27. The molecule has 0 heterocycles. The number of rotatable bonds is 6. The molecule has 2 aromatic rings. The van der Waals surface area contributed by atoms with E-state index in [4.69, 9.17) is 0 Å². The fourth-order valence-corrected chi connectivity index (χ4v) is 2.37. The Labute approximate surface area is 122 Å². The normalized spacial score (nSPS) is 10.2. The molecule has 0 N–H and O–H groups in total. The Kier molecular flexibility index (Phi) is 4.95. The second-order valence-corrected chi connectivity index (χ2v) is 5.10. The summed E-state index contributed by atoms with van der Waals surface area (Å²) in [5.74, 6) is 0. The van der Waals surface area contributed by atoms with Gasteiger partial charge in [0, 0.05) is 0 Å². The van der Waals surface area contributed by atoms with E-state index in [0.717, 1.165) is 12.0 Å². The minimum absolute atomic E-state index is 1.05. The molecule has 0 atom stereocenters. The number of unbranched alkanes of at least 4 members (excludes halogenated alkanes) is 1. The Morgan fingerprint density at radius 1 is 0.850 bits per heavy atom. The van der Waals surface area contributed by atoms with Gasteiger partial charge < -0.3 is 0 Å². The van der Waals surface area contributed by atoms with E-state index in [9.17, 15) is 0 Å². The van der Waals surface area contributed by atoms with Crippen molar-refractivity contribution in [1.29, 1.82) is 0 Å². The minimum Gasteiger partial charge on any atom is -0.0952 e. The highest BCUT2D eigenvalue weighted by Gasteiger charge is 2.09. The first-order valence-corrected chi connectivity index (χ1v) is 7.26. The molecule has 0 saturated carbocycles. The van der Waals surface area contributed by atoms with Crippen molar-refractivity contribution in [1.82, 2.24) is 0 Å². The van der Waals surface area contributed by atoms with Crippen LogP contribution in [-0.4, -0.2) is 0 Å². The predicted molar refractivity (Wildman–Crippen MR) is 89.6 cm³/mol. The summed E-state index contributed by atoms with van der Waals surface area (Å²) in [4.78, 5) is 0. The van der Waals surface area contributed by atoms with Crippen LogP contribution in [0.4, 0.5) is 0 Å². The van der Waals surface area contributed by atoms with Crippen molar-refractivity contribution in [2.45, 2.75) is 26.2 Å². The Morgan fingerprint density at radius 3 is 2.10 bits per heavy atom. The van der Waals surface area contributed by atoms with Gasteiger partial charge in [0.05, 0.1) is 0 Å². The van der Waals surface area contributed by atoms with Crippen LogP contribution in [0.25, 0.3) is 11.1 Å². The molecular formula is C20H22. The Balaban J connectivity index is 2.33. The Hall–Kier alpha value is -2.08. The Bertz CT molecular complexity index is 590. The van der Waals surface area contributed by atoms with E-state index in [1.54, 1.807) is 0 Å². The molecule has 0 aliphatic rings. The lowest BCUT2D eigenvalue weighted by molar-refractivity contribution is 0.825. The average Bonchev–Trinajstić information content (AvgIpc) is 2.52. The summed E-state index contributed by atoms with van der Waals surface area (Å²) in [6, 6.07) is 18.8. The first kappa shape index (κ1) is 14.3. The Morgan fingerprint density at radius 2 is 1.45 bits per heavy atom. The molecule has 0 aliphatic carbocycles. The molecule has 0 radical (unpaired) electrons. The number of benzene rings is 2. The van der Waals surface area contributed by atoms with Gasteiger partial charge in [-0.25, -0.2) is 0 Å². The van der Waals surface area contributed by atoms with Crippen molar-refractivity contribution in [3.8, 4) is 0 Å². The van der Waals surface area contributed by atoms with Gasteiger partial charge in [0.15, 0.2) is 0 Å². The minimum atomic E-state index is 1.05. The van der Waals surface area contributed by atoms with E-state index < -0.39 is 0 Å². The molecule has 102 valence electrons. The molecule has 20 heavy (non-hydrogen) atoms. The zero-order valence-corrected chi connectivity index (χ0v) is 12.2. The summed E-state index contributed by atoms with van der Waals surface area (Å²) in [5.41, 5.74) is 5.87. The molecule has 0 amide bonds. The highest BCUT2D eigenvalue weighted by atomic mass is 14.1. The van der Waals surface area contributed by atoms with Crippen molar-refractivity contribution in [2.75, 3.05) is 0 Å². The quantitative estimate of drug-likeness (QED) is 0.603. The van der Waals surface area contributed by atoms with Gasteiger partial charge in [0.1, 0.15) is 0 Å². The molecular weight excluding hydrogens is 240 g/mol. The molecule has 0 fully saturated rings. The first-order valence-electron chi connectivity index (χ1n) is 7.26. The molecule has 0 saturated heterocycles. The lowest BCUT2D eigenvalue weighted by atomic mass is 9.90. The maximum atomic E-state index is 4.28. The zero-order chi connectivity index (χ0) is 14.4. The summed E-state index contributed by atoms with van der Waals surface area (Å²) in [5, 5.41) is 0. The van der Waals surface area contributed by atoms with Crippen molar-refractivity contribution >= 4 is 11.1 Å². The SMILES string of the molecule is C=C(CCCC)c1ccccc1C(=C)c1ccccc1. The third-order valence-electron chi connectivity index (χ3n) is 3.59. The van der Waals surface area contributed by atoms with Crippen LogP contribution < -0.4 is 0 Å². The molecule has 0 nitrogen and oxygen atoms in total. The molecule has 0 aliphatic heterocycles. The van der Waals surface area contributed by atoms with Gasteiger partial charge in [-0.2, -0.15) is 0 Å². The van der Waals surface area contributed by atoms with Crippen molar-refractivity contribution in [2.24, 2.45) is 0 Å². The monoisotopic (exact) mass is 262 g/mol. The van der Waals surface area contributed by atoms with E-state index in [1.807, 2.05) is 6.07 Å². The highest BCUT2D eigenvalue weighted by molar-refractivity contribution is 5.85. The number of hydrogen-bond acceptors (Lipinski definition) is 0. The van der Waals surface area contributed by atoms with Crippen LogP contribution in [0.2, 0.25) is 0 Å². The van der Waals surface area contributed by atoms with Gasteiger partial charge in [0.25, 0.3) is 0 Å². The summed E-state index contributed by atoms with van der Waals surface area (Å²) >= 11 is 0. The van der Waals surface area contributed by atoms with Crippen molar-refractivity contribution in [3.05, 3.63) is 84.4 Å². The molecule has 2 rings (SSSR count). The summed E-state index contributed by atoms with van der Waals surface area (Å²) in [6.07, 6.45) is 3.43. The zero-order valence-electron chi connectivity index (χ0n) is 12.2. The van der Waals surface area contributed by atoms with Crippen molar-refractivity contribution in [3.63, 3.8) is 0 Å². The van der Waals surface area contributed by atoms with Crippen LogP contribution in [0, 0.1) is 0 Å². The lowest BCUT2D eigenvalue weighted by Crippen LogP contribution is -1.93. The largest absolute Gasteiger partial charge is 0.0952 e. The fraction of sp³-hybridized carbons (Fsp3) is 0.200. The van der Waals surface area contributed by atoms with Crippen molar-refractivity contribution < 1.29 is 0 Å². The maximum absolute atomic E-state index is 4.28. The molecule has 0 unspecified atom stereocenters. The van der Waals surface area contributed by atoms with Gasteiger partial charge in [0.2, 0.25) is 0 Å². The van der Waals surface area contributed by atoms with Gasteiger partial charge in [-0.05, 0) is 40.7 Å². The molecule has 2 aromatic carbocycles. The van der Waals surface area contributed by atoms with E-state index in [1.165, 1.54) is 35.1 Å². The first-order chi connectivity index (χ1) is 9.74. The summed E-state index contributed by atoms with van der Waals surface area (Å²) in [6.45, 7) is 10.7. The second-order valence-electron chi connectivity index (χ2n) is 5.10. The van der Waals surface area contributed by atoms with Gasteiger partial charge >= 0.3 is 0 Å². The van der Waals surface area contributed by atoms with E-state index in [-0.39, 0.29) is 0 Å². The fourth-order valence-electron chi connectivity index (χ4n) is 2.37. The van der Waals surface area contributed by atoms with Gasteiger partial charge in [-0.1, -0.05) is 81.1 Å². The topological polar surface area (TPSA) is 0 Å². The smallest absolute Gasteiger partial charge is 0.0109 e. The van der Waals surface area contributed by atoms with Crippen LogP contribution in [0.5, 0.6) is 0 Å². The van der Waals surface area contributed by atoms with E-state index >= 15 is 0 Å². The van der Waals surface area contributed by atoms with E-state index in [0.29, 0.717) is 0 Å². The standard InChI is InChI=1S/C20H22/c1-4-5-11-16(2)19-14-9-10-15-20(19)17(3)18-12-7-6-8-13-18/h6-10,12-15H,2-5,11H2,1H3. The van der Waals surface area contributed by atoms with Gasteiger partial charge in [-0.3, -0.25) is 0 Å². The predicted octanol–water partition coefficient (Wildman–Crippen LogP) is 5.95. The summed E-state index contributed by atoms with van der Waals surface area (Å²) < 4.78 is 0. The molecule has 0 bridgehead atoms. The molecule has 0 heteroatoms. The molecule has 0 aromatic heterocycles. The number of allylic oxidation sites excluding steroid dienone is 1. The van der Waals surface area contributed by atoms with Crippen LogP contribution in [0.1, 0.15) is 42.9 Å². The second kappa shape index (κ2) is 6.91. The number of hydrogen-bond donors (Lipinski definition) is 0. The van der Waals surface area contributed by atoms with Crippen LogP contribution in [-0.2, 0) is 0 Å². The maximum Gasteiger partial charge on any atom is -0.0109 e. The molecule has 0 spiro atoms. The van der Waals surface area contributed by atoms with Gasteiger partial charge in [-0.15, -0.1) is 0 Å². The summed E-state index contributed by atoms with van der Waals surface area (Å²) in [7, 11) is 0. The average molecular weight is 262 g/mol. The lowest BCUT2D eigenvalue weighted by Gasteiger charge is -2.14. The van der Waals surface area contributed by atoms with Crippen LogP contribution >= 0.6 is 0 Å². The highest BCUT2D eigenvalue weighted by Crippen LogP contribution is 2.30. The third-order valence-corrected chi connectivity index (χ3v) is 3.59. The van der Waals surface area contributed by atoms with Crippen LogP contribution in [0.15, 0.2) is 67.8 Å². The van der Waals surface area contributed by atoms with E-state index in [2.05, 4.69) is 68.6 Å². The van der Waals surface area contributed by atoms with Crippen LogP contribution in [0.3, 0.4) is 0 Å².